The Balaban J connectivity index is 2.18. The highest BCUT2D eigenvalue weighted by Gasteiger charge is 2.25. The Hall–Kier alpha value is -1.19. The smallest absolute Gasteiger partial charge is 0.0943 e. The Kier molecular flexibility index (Phi) is 5.32. The largest absolute Gasteiger partial charge is 0.327 e. The van der Waals surface area contributed by atoms with Gasteiger partial charge >= 0.3 is 0 Å². The number of nitrogens with zero attached hydrogens (tertiary/aromatic N) is 1. The molecule has 0 saturated heterocycles. The van der Waals surface area contributed by atoms with Gasteiger partial charge in [0.25, 0.3) is 0 Å². The zero-order valence-corrected chi connectivity index (χ0v) is 13.4. The van der Waals surface area contributed by atoms with Crippen LogP contribution in [0.2, 0.25) is 0 Å². The summed E-state index contributed by atoms with van der Waals surface area (Å²) in [6, 6.07) is 10.8. The number of aromatic nitrogens is 1. The van der Waals surface area contributed by atoms with Gasteiger partial charge in [0.1, 0.15) is 0 Å². The van der Waals surface area contributed by atoms with Crippen molar-refractivity contribution >= 4 is 11.3 Å². The zero-order valence-electron chi connectivity index (χ0n) is 12.5. The van der Waals surface area contributed by atoms with Crippen LogP contribution in [0.4, 0.5) is 0 Å². The molecular formula is C17H24N2S. The summed E-state index contributed by atoms with van der Waals surface area (Å²) >= 11 is 1.72. The van der Waals surface area contributed by atoms with Gasteiger partial charge in [0, 0.05) is 29.5 Å². The number of rotatable bonds is 6. The van der Waals surface area contributed by atoms with Crippen molar-refractivity contribution in [1.29, 1.82) is 0 Å². The summed E-state index contributed by atoms with van der Waals surface area (Å²) in [5.74, 6) is 0.971. The van der Waals surface area contributed by atoms with Crippen molar-refractivity contribution in [2.75, 3.05) is 0 Å². The maximum atomic E-state index is 6.53. The number of hydrogen-bond acceptors (Lipinski definition) is 3. The molecule has 0 aliphatic carbocycles. The van der Waals surface area contributed by atoms with Crippen molar-refractivity contribution in [1.82, 2.24) is 4.98 Å². The van der Waals surface area contributed by atoms with Crippen LogP contribution >= 0.6 is 11.3 Å². The third-order valence-electron chi connectivity index (χ3n) is 3.98. The topological polar surface area (TPSA) is 38.9 Å². The molecule has 0 spiro atoms. The molecule has 3 atom stereocenters. The molecule has 0 fully saturated rings. The van der Waals surface area contributed by atoms with Gasteiger partial charge in [-0.25, -0.2) is 4.98 Å². The molecule has 0 aliphatic heterocycles. The maximum Gasteiger partial charge on any atom is 0.0943 e. The summed E-state index contributed by atoms with van der Waals surface area (Å²) in [7, 11) is 0. The van der Waals surface area contributed by atoms with Gasteiger partial charge in [-0.2, -0.15) is 0 Å². The molecule has 2 N–H and O–H groups in total. The Morgan fingerprint density at radius 2 is 1.95 bits per heavy atom. The van der Waals surface area contributed by atoms with Crippen LogP contribution in [0.25, 0.3) is 0 Å². The standard InChI is InChI=1S/C17H24N2S/c1-4-12(2)17(14-8-6-5-7-9-14)15(18)10-16-19-13(3)11-20-16/h5-9,11-12,15,17H,4,10,18H2,1-3H3. The number of nitrogens with two attached hydrogens (primary N) is 1. The average Bonchev–Trinajstić information content (AvgIpc) is 2.85. The number of thiazole rings is 1. The predicted octanol–water partition coefficient (Wildman–Crippen LogP) is 4.15. The highest BCUT2D eigenvalue weighted by Crippen LogP contribution is 2.31. The molecule has 1 aromatic heterocycles. The third kappa shape index (κ3) is 3.68. The lowest BCUT2D eigenvalue weighted by Crippen LogP contribution is -2.34. The first kappa shape index (κ1) is 15.2. The summed E-state index contributed by atoms with van der Waals surface area (Å²) in [5.41, 5.74) is 8.98. The van der Waals surface area contributed by atoms with E-state index in [-0.39, 0.29) is 6.04 Å². The fraction of sp³-hybridized carbons (Fsp3) is 0.471. The monoisotopic (exact) mass is 288 g/mol. The van der Waals surface area contributed by atoms with Crippen molar-refractivity contribution in [3.63, 3.8) is 0 Å². The Labute approximate surface area is 126 Å². The van der Waals surface area contributed by atoms with Crippen LogP contribution in [0.1, 0.15) is 42.5 Å². The van der Waals surface area contributed by atoms with Crippen LogP contribution in [-0.4, -0.2) is 11.0 Å². The first-order valence-corrected chi connectivity index (χ1v) is 8.21. The van der Waals surface area contributed by atoms with Crippen LogP contribution in [0.15, 0.2) is 35.7 Å². The number of aryl methyl sites for hydroxylation is 1. The van der Waals surface area contributed by atoms with Crippen LogP contribution < -0.4 is 5.73 Å². The van der Waals surface area contributed by atoms with Gasteiger partial charge in [0.2, 0.25) is 0 Å². The molecule has 0 radical (unpaired) electrons. The molecule has 3 unspecified atom stereocenters. The van der Waals surface area contributed by atoms with E-state index in [1.165, 1.54) is 5.56 Å². The van der Waals surface area contributed by atoms with Gasteiger partial charge in [-0.3, -0.25) is 0 Å². The van der Waals surface area contributed by atoms with Gasteiger partial charge in [-0.05, 0) is 18.4 Å². The molecule has 2 aromatic rings. The molecule has 108 valence electrons. The molecule has 20 heavy (non-hydrogen) atoms. The van der Waals surface area contributed by atoms with Crippen molar-refractivity contribution < 1.29 is 0 Å². The summed E-state index contributed by atoms with van der Waals surface area (Å²) < 4.78 is 0. The van der Waals surface area contributed by atoms with Crippen molar-refractivity contribution in [2.24, 2.45) is 11.7 Å². The fourth-order valence-corrected chi connectivity index (χ4v) is 3.60. The minimum Gasteiger partial charge on any atom is -0.327 e. The molecule has 2 rings (SSSR count). The Morgan fingerprint density at radius 1 is 1.25 bits per heavy atom. The molecule has 1 aromatic carbocycles. The molecular weight excluding hydrogens is 264 g/mol. The van der Waals surface area contributed by atoms with Gasteiger partial charge < -0.3 is 5.73 Å². The first-order valence-electron chi connectivity index (χ1n) is 7.33. The molecule has 0 saturated carbocycles. The Bertz CT molecular complexity index is 521. The lowest BCUT2D eigenvalue weighted by molar-refractivity contribution is 0.379. The van der Waals surface area contributed by atoms with E-state index in [4.69, 9.17) is 5.73 Å². The molecule has 1 heterocycles. The van der Waals surface area contributed by atoms with E-state index in [0.29, 0.717) is 11.8 Å². The van der Waals surface area contributed by atoms with Crippen LogP contribution in [0.5, 0.6) is 0 Å². The maximum absolute atomic E-state index is 6.53. The average molecular weight is 288 g/mol. The number of hydrogen-bond donors (Lipinski definition) is 1. The third-order valence-corrected chi connectivity index (χ3v) is 4.97. The normalized spacial score (nSPS) is 15.8. The Morgan fingerprint density at radius 3 is 2.50 bits per heavy atom. The second-order valence-electron chi connectivity index (χ2n) is 5.57. The molecule has 2 nitrogen and oxygen atoms in total. The van der Waals surface area contributed by atoms with E-state index in [1.54, 1.807) is 11.3 Å². The van der Waals surface area contributed by atoms with Gasteiger partial charge in [-0.15, -0.1) is 11.3 Å². The minimum absolute atomic E-state index is 0.123. The van der Waals surface area contributed by atoms with Crippen LogP contribution in [-0.2, 0) is 6.42 Å². The summed E-state index contributed by atoms with van der Waals surface area (Å²) in [6.45, 7) is 6.57. The second kappa shape index (κ2) is 7.00. The van der Waals surface area contributed by atoms with Crippen molar-refractivity contribution in [2.45, 2.75) is 45.6 Å². The number of benzene rings is 1. The zero-order chi connectivity index (χ0) is 14.5. The molecule has 3 heteroatoms. The predicted molar refractivity (Wildman–Crippen MR) is 87.2 cm³/mol. The summed E-state index contributed by atoms with van der Waals surface area (Å²) in [6.07, 6.45) is 2.01. The van der Waals surface area contributed by atoms with Crippen molar-refractivity contribution in [3.8, 4) is 0 Å². The quantitative estimate of drug-likeness (QED) is 0.867. The lowest BCUT2D eigenvalue weighted by atomic mass is 9.79. The van der Waals surface area contributed by atoms with E-state index in [1.807, 2.05) is 6.92 Å². The highest BCUT2D eigenvalue weighted by atomic mass is 32.1. The van der Waals surface area contributed by atoms with Crippen LogP contribution in [0, 0.1) is 12.8 Å². The van der Waals surface area contributed by atoms with E-state index in [2.05, 4.69) is 54.5 Å². The molecule has 0 aliphatic rings. The molecule has 0 bridgehead atoms. The van der Waals surface area contributed by atoms with E-state index < -0.39 is 0 Å². The van der Waals surface area contributed by atoms with Gasteiger partial charge in [0.15, 0.2) is 0 Å². The fourth-order valence-electron chi connectivity index (χ4n) is 2.75. The van der Waals surface area contributed by atoms with Gasteiger partial charge in [-0.1, -0.05) is 50.6 Å². The summed E-state index contributed by atoms with van der Waals surface area (Å²) in [5, 5.41) is 3.25. The van der Waals surface area contributed by atoms with Gasteiger partial charge in [0.05, 0.1) is 5.01 Å². The van der Waals surface area contributed by atoms with E-state index >= 15 is 0 Å². The van der Waals surface area contributed by atoms with E-state index in [0.717, 1.165) is 23.5 Å². The minimum atomic E-state index is 0.123. The second-order valence-corrected chi connectivity index (χ2v) is 6.52. The SMILES string of the molecule is CCC(C)C(c1ccccc1)C(N)Cc1nc(C)cs1. The lowest BCUT2D eigenvalue weighted by Gasteiger charge is -2.29. The van der Waals surface area contributed by atoms with E-state index in [9.17, 15) is 0 Å². The van der Waals surface area contributed by atoms with Crippen LogP contribution in [0.3, 0.4) is 0 Å². The summed E-state index contributed by atoms with van der Waals surface area (Å²) in [4.78, 5) is 4.55. The first-order chi connectivity index (χ1) is 9.61. The highest BCUT2D eigenvalue weighted by molar-refractivity contribution is 7.09. The van der Waals surface area contributed by atoms with Crippen molar-refractivity contribution in [3.05, 3.63) is 52.0 Å². The molecule has 0 amide bonds.